The van der Waals surface area contributed by atoms with Crippen LogP contribution in [0.5, 0.6) is 5.75 Å². The molecule has 0 atom stereocenters. The highest BCUT2D eigenvalue weighted by atomic mass is 32.2. The van der Waals surface area contributed by atoms with Gasteiger partial charge in [0.25, 0.3) is 10.0 Å². The molecule has 0 saturated carbocycles. The van der Waals surface area contributed by atoms with Crippen LogP contribution in [-0.2, 0) is 14.8 Å². The third kappa shape index (κ3) is 5.01. The molecule has 6 nitrogen and oxygen atoms in total. The van der Waals surface area contributed by atoms with Gasteiger partial charge >= 0.3 is 0 Å². The lowest BCUT2D eigenvalue weighted by Gasteiger charge is -2.23. The second kappa shape index (κ2) is 9.41. The van der Waals surface area contributed by atoms with Gasteiger partial charge in [0.1, 0.15) is 5.75 Å². The number of hydrogen-bond acceptors (Lipinski definition) is 4. The minimum absolute atomic E-state index is 0.0970. The van der Waals surface area contributed by atoms with E-state index < -0.39 is 10.0 Å². The van der Waals surface area contributed by atoms with E-state index in [1.165, 1.54) is 23.5 Å². The molecular weight excluding hydrogens is 364 g/mol. The molecule has 0 radical (unpaired) electrons. The number of carbonyl (C=O) groups is 1. The molecule has 0 bridgehead atoms. The van der Waals surface area contributed by atoms with Crippen LogP contribution in [0.1, 0.15) is 33.1 Å². The van der Waals surface area contributed by atoms with E-state index in [1.54, 1.807) is 37.3 Å². The van der Waals surface area contributed by atoms with Crippen LogP contribution in [0.2, 0.25) is 0 Å². The number of methoxy groups -OCH3 is 1. The Balaban J connectivity index is 2.39. The highest BCUT2D eigenvalue weighted by molar-refractivity contribution is 7.92. The van der Waals surface area contributed by atoms with Gasteiger partial charge < -0.3 is 10.1 Å². The Labute approximate surface area is 161 Å². The molecule has 146 valence electrons. The highest BCUT2D eigenvalue weighted by Gasteiger charge is 2.25. The quantitative estimate of drug-likeness (QED) is 0.701. The summed E-state index contributed by atoms with van der Waals surface area (Å²) in [5, 5.41) is 2.76. The van der Waals surface area contributed by atoms with Gasteiger partial charge in [0.2, 0.25) is 5.91 Å². The average Bonchev–Trinajstić information content (AvgIpc) is 2.67. The largest absolute Gasteiger partial charge is 0.495 e. The van der Waals surface area contributed by atoms with Crippen LogP contribution in [0.25, 0.3) is 0 Å². The summed E-state index contributed by atoms with van der Waals surface area (Å²) in [6.07, 6.45) is 2.05. The monoisotopic (exact) mass is 390 g/mol. The molecule has 27 heavy (non-hydrogen) atoms. The minimum atomic E-state index is -3.78. The van der Waals surface area contributed by atoms with Crippen LogP contribution >= 0.6 is 0 Å². The minimum Gasteiger partial charge on any atom is -0.495 e. The van der Waals surface area contributed by atoms with E-state index in [0.717, 1.165) is 12.8 Å². The van der Waals surface area contributed by atoms with Gasteiger partial charge in [-0.2, -0.15) is 0 Å². The summed E-state index contributed by atoms with van der Waals surface area (Å²) in [6, 6.07) is 13.4. The first kappa shape index (κ1) is 20.8. The van der Waals surface area contributed by atoms with Crippen LogP contribution in [0, 0.1) is 0 Å². The highest BCUT2D eigenvalue weighted by Crippen LogP contribution is 2.30. The van der Waals surface area contributed by atoms with Crippen molar-refractivity contribution in [3.63, 3.8) is 0 Å². The summed E-state index contributed by atoms with van der Waals surface area (Å²) in [5.41, 5.74) is 0.938. The first-order chi connectivity index (χ1) is 12.9. The van der Waals surface area contributed by atoms with Crippen molar-refractivity contribution in [3.8, 4) is 5.75 Å². The molecule has 2 aromatic carbocycles. The van der Waals surface area contributed by atoms with Gasteiger partial charge in [0, 0.05) is 13.0 Å². The fourth-order valence-corrected chi connectivity index (χ4v) is 4.21. The van der Waals surface area contributed by atoms with Crippen molar-refractivity contribution in [2.24, 2.45) is 0 Å². The maximum Gasteiger partial charge on any atom is 0.264 e. The summed E-state index contributed by atoms with van der Waals surface area (Å²) in [6.45, 7) is 4.07. The van der Waals surface area contributed by atoms with Crippen LogP contribution in [0.15, 0.2) is 53.4 Å². The molecule has 0 fully saturated rings. The zero-order chi connectivity index (χ0) is 19.9. The van der Waals surface area contributed by atoms with E-state index in [9.17, 15) is 13.2 Å². The maximum absolute atomic E-state index is 13.1. The third-order valence-electron chi connectivity index (χ3n) is 4.12. The normalized spacial score (nSPS) is 11.1. The number of carbonyl (C=O) groups excluding carboxylic acids is 1. The second-order valence-corrected chi connectivity index (χ2v) is 7.88. The first-order valence-electron chi connectivity index (χ1n) is 8.99. The Morgan fingerprint density at radius 3 is 2.41 bits per heavy atom. The number of hydrogen-bond donors (Lipinski definition) is 1. The molecule has 0 aliphatic carbocycles. The third-order valence-corrected chi connectivity index (χ3v) is 6.02. The van der Waals surface area contributed by atoms with Crippen LogP contribution in [0.3, 0.4) is 0 Å². The summed E-state index contributed by atoms with van der Waals surface area (Å²) < 4.78 is 32.9. The van der Waals surface area contributed by atoms with Crippen LogP contribution in [0.4, 0.5) is 11.4 Å². The van der Waals surface area contributed by atoms with E-state index in [4.69, 9.17) is 4.74 Å². The van der Waals surface area contributed by atoms with Crippen molar-refractivity contribution in [1.82, 2.24) is 0 Å². The first-order valence-corrected chi connectivity index (χ1v) is 10.4. The fourth-order valence-electron chi connectivity index (χ4n) is 2.71. The van der Waals surface area contributed by atoms with Crippen molar-refractivity contribution < 1.29 is 17.9 Å². The molecule has 7 heteroatoms. The molecular formula is C20H26N2O4S. The van der Waals surface area contributed by atoms with Crippen molar-refractivity contribution in [3.05, 3.63) is 48.5 Å². The molecule has 2 rings (SSSR count). The molecule has 0 aliphatic rings. The Morgan fingerprint density at radius 2 is 1.81 bits per heavy atom. The Bertz CT molecular complexity index is 867. The summed E-state index contributed by atoms with van der Waals surface area (Å²) in [4.78, 5) is 12.2. The van der Waals surface area contributed by atoms with E-state index in [-0.39, 0.29) is 17.3 Å². The van der Waals surface area contributed by atoms with Crippen molar-refractivity contribution in [2.75, 3.05) is 23.3 Å². The topological polar surface area (TPSA) is 75.7 Å². The molecule has 1 N–H and O–H groups in total. The number of ether oxygens (including phenoxy) is 1. The van der Waals surface area contributed by atoms with Gasteiger partial charge in [-0.1, -0.05) is 31.5 Å². The average molecular weight is 391 g/mol. The predicted molar refractivity (Wildman–Crippen MR) is 108 cm³/mol. The standard InChI is InChI=1S/C20H26N2O4S/c1-4-6-12-20(23)21-18-15-17(13-14-19(18)26-3)27(24,25)22(5-2)16-10-8-7-9-11-16/h7-11,13-15H,4-6,12H2,1-3H3,(H,21,23). The van der Waals surface area contributed by atoms with E-state index in [1.807, 2.05) is 13.0 Å². The van der Waals surface area contributed by atoms with E-state index >= 15 is 0 Å². The molecule has 0 spiro atoms. The number of benzene rings is 2. The van der Waals surface area contributed by atoms with Crippen molar-refractivity contribution >= 4 is 27.3 Å². The second-order valence-electron chi connectivity index (χ2n) is 6.02. The smallest absolute Gasteiger partial charge is 0.264 e. The number of sulfonamides is 1. The number of anilines is 2. The lowest BCUT2D eigenvalue weighted by atomic mass is 10.2. The summed E-state index contributed by atoms with van der Waals surface area (Å²) in [5.74, 6) is 0.252. The van der Waals surface area contributed by atoms with E-state index in [2.05, 4.69) is 5.32 Å². The van der Waals surface area contributed by atoms with Gasteiger partial charge in [0.05, 0.1) is 23.4 Å². The van der Waals surface area contributed by atoms with Gasteiger partial charge in [-0.25, -0.2) is 8.42 Å². The van der Waals surface area contributed by atoms with Gasteiger partial charge in [-0.15, -0.1) is 0 Å². The van der Waals surface area contributed by atoms with Crippen LogP contribution in [-0.4, -0.2) is 28.0 Å². The van der Waals surface area contributed by atoms with Crippen molar-refractivity contribution in [1.29, 1.82) is 0 Å². The zero-order valence-electron chi connectivity index (χ0n) is 15.9. The Kier molecular flexibility index (Phi) is 7.24. The number of nitrogens with zero attached hydrogens (tertiary/aromatic N) is 1. The molecule has 0 unspecified atom stereocenters. The zero-order valence-corrected chi connectivity index (χ0v) is 16.8. The van der Waals surface area contributed by atoms with Crippen molar-refractivity contribution in [2.45, 2.75) is 38.0 Å². The lowest BCUT2D eigenvalue weighted by Crippen LogP contribution is -2.30. The fraction of sp³-hybridized carbons (Fsp3) is 0.350. The van der Waals surface area contributed by atoms with E-state index in [0.29, 0.717) is 23.5 Å². The summed E-state index contributed by atoms with van der Waals surface area (Å²) in [7, 11) is -2.30. The Morgan fingerprint density at radius 1 is 1.11 bits per heavy atom. The van der Waals surface area contributed by atoms with Gasteiger partial charge in [-0.05, 0) is 43.7 Å². The molecule has 1 amide bonds. The molecule has 2 aromatic rings. The predicted octanol–water partition coefficient (Wildman–Crippen LogP) is 4.04. The summed E-state index contributed by atoms with van der Waals surface area (Å²) >= 11 is 0. The van der Waals surface area contributed by atoms with Gasteiger partial charge in [0.15, 0.2) is 0 Å². The maximum atomic E-state index is 13.1. The molecule has 0 aliphatic heterocycles. The molecule has 0 heterocycles. The van der Waals surface area contributed by atoms with Crippen LogP contribution < -0.4 is 14.4 Å². The molecule has 0 aromatic heterocycles. The SMILES string of the molecule is CCCCC(=O)Nc1cc(S(=O)(=O)N(CC)c2ccccc2)ccc1OC. The number of rotatable bonds is 9. The lowest BCUT2D eigenvalue weighted by molar-refractivity contribution is -0.116. The number of para-hydroxylation sites is 1. The van der Waals surface area contributed by atoms with Gasteiger partial charge in [-0.3, -0.25) is 9.10 Å². The number of nitrogens with one attached hydrogen (secondary N) is 1. The number of unbranched alkanes of at least 4 members (excludes halogenated alkanes) is 1. The molecule has 0 saturated heterocycles. The number of amides is 1. The Hall–Kier alpha value is -2.54.